The monoisotopic (exact) mass is 583 g/mol. The van der Waals surface area contributed by atoms with Crippen molar-refractivity contribution in [1.29, 1.82) is 0 Å². The number of hydrogen-bond donors (Lipinski definition) is 0. The minimum Gasteiger partial charge on any atom is -0.309 e. The summed E-state index contributed by atoms with van der Waals surface area (Å²) in [6.07, 6.45) is 3.62. The van der Waals surface area contributed by atoms with Gasteiger partial charge in [0.25, 0.3) is 0 Å². The molecule has 0 fully saturated rings. The van der Waals surface area contributed by atoms with E-state index in [9.17, 15) is 0 Å². The van der Waals surface area contributed by atoms with Crippen LogP contribution in [-0.2, 0) is 6.42 Å². The Kier molecular flexibility index (Phi) is 9.08. The number of benzene rings is 6. The molecule has 0 radical (unpaired) electrons. The third-order valence-corrected chi connectivity index (χ3v) is 8.61. The lowest BCUT2D eigenvalue weighted by Gasteiger charge is -2.21. The van der Waals surface area contributed by atoms with Crippen molar-refractivity contribution < 1.29 is 0 Å². The molecule has 8 rings (SSSR count). The van der Waals surface area contributed by atoms with Crippen LogP contribution in [0.1, 0.15) is 43.4 Å². The smallest absolute Gasteiger partial charge is 0.0541 e. The molecule has 222 valence electrons. The summed E-state index contributed by atoms with van der Waals surface area (Å²) in [6, 6.07) is 51.9. The molecule has 0 bridgehead atoms. The van der Waals surface area contributed by atoms with Crippen molar-refractivity contribution in [3.63, 3.8) is 0 Å². The summed E-state index contributed by atoms with van der Waals surface area (Å²) in [5.41, 5.74) is 14.1. The van der Waals surface area contributed by atoms with E-state index in [1.165, 1.54) is 84.9 Å². The maximum Gasteiger partial charge on any atom is 0.0541 e. The van der Waals surface area contributed by atoms with Crippen molar-refractivity contribution in [1.82, 2.24) is 4.57 Å². The Morgan fingerprint density at radius 3 is 1.56 bits per heavy atom. The number of rotatable bonds is 3. The number of fused-ring (bicyclic) bond motifs is 6. The van der Waals surface area contributed by atoms with Crippen LogP contribution in [0.2, 0.25) is 0 Å². The van der Waals surface area contributed by atoms with E-state index in [4.69, 9.17) is 0 Å². The molecule has 6 aromatic carbocycles. The van der Waals surface area contributed by atoms with Crippen LogP contribution in [0.25, 0.3) is 55.3 Å². The fraction of sp³-hybridized carbons (Fsp3) is 0.136. The zero-order valence-electron chi connectivity index (χ0n) is 26.6. The molecule has 0 saturated carbocycles. The summed E-state index contributed by atoms with van der Waals surface area (Å²) < 4.78 is 2.35. The van der Waals surface area contributed by atoms with Gasteiger partial charge in [-0.05, 0) is 76.6 Å². The third-order valence-electron chi connectivity index (χ3n) is 8.61. The molecule has 0 unspecified atom stereocenters. The summed E-state index contributed by atoms with van der Waals surface area (Å²) in [7, 11) is 0. The molecular formula is C44H41N. The van der Waals surface area contributed by atoms with E-state index in [1.54, 1.807) is 0 Å². The number of nitrogens with zero attached hydrogens (tertiary/aromatic N) is 1. The molecule has 7 aromatic rings. The van der Waals surface area contributed by atoms with Gasteiger partial charge in [0, 0.05) is 16.5 Å². The Morgan fingerprint density at radius 1 is 0.511 bits per heavy atom. The molecule has 0 amide bonds. The van der Waals surface area contributed by atoms with Crippen LogP contribution in [0.5, 0.6) is 0 Å². The van der Waals surface area contributed by atoms with Gasteiger partial charge < -0.3 is 4.57 Å². The average Bonchev–Trinajstić information content (AvgIpc) is 3.44. The number of aromatic nitrogens is 1. The zero-order valence-corrected chi connectivity index (χ0v) is 26.6. The van der Waals surface area contributed by atoms with Gasteiger partial charge >= 0.3 is 0 Å². The molecule has 0 atom stereocenters. The van der Waals surface area contributed by atoms with E-state index in [0.29, 0.717) is 0 Å². The Morgan fingerprint density at radius 2 is 0.978 bits per heavy atom. The Bertz CT molecular complexity index is 2000. The van der Waals surface area contributed by atoms with Crippen LogP contribution in [0.15, 0.2) is 152 Å². The van der Waals surface area contributed by atoms with E-state index in [0.717, 1.165) is 6.42 Å². The quantitative estimate of drug-likeness (QED) is 0.195. The maximum atomic E-state index is 4.15. The van der Waals surface area contributed by atoms with Crippen LogP contribution >= 0.6 is 0 Å². The average molecular weight is 584 g/mol. The van der Waals surface area contributed by atoms with E-state index < -0.39 is 0 Å². The predicted molar refractivity (Wildman–Crippen MR) is 196 cm³/mol. The van der Waals surface area contributed by atoms with Gasteiger partial charge in [-0.3, -0.25) is 0 Å². The first-order valence-corrected chi connectivity index (χ1v) is 16.1. The van der Waals surface area contributed by atoms with Crippen LogP contribution in [0.4, 0.5) is 0 Å². The van der Waals surface area contributed by atoms with Crippen LogP contribution in [-0.4, -0.2) is 4.57 Å². The minimum absolute atomic E-state index is 0.979. The highest BCUT2D eigenvalue weighted by atomic mass is 15.0. The van der Waals surface area contributed by atoms with Crippen LogP contribution in [0, 0.1) is 6.92 Å². The molecule has 1 aliphatic rings. The molecule has 1 heteroatoms. The van der Waals surface area contributed by atoms with Gasteiger partial charge in [-0.2, -0.15) is 0 Å². The minimum atomic E-state index is 0.979. The van der Waals surface area contributed by atoms with Crippen molar-refractivity contribution in [3.05, 3.63) is 169 Å². The second-order valence-electron chi connectivity index (χ2n) is 11.8. The molecule has 0 spiro atoms. The molecule has 1 aromatic heterocycles. The highest BCUT2D eigenvalue weighted by molar-refractivity contribution is 6.09. The number of allylic oxidation sites excluding steroid dienone is 1. The van der Waals surface area contributed by atoms with Gasteiger partial charge in [-0.15, -0.1) is 0 Å². The Balaban J connectivity index is 0.000000158. The molecule has 1 heterocycles. The summed E-state index contributed by atoms with van der Waals surface area (Å²) >= 11 is 0. The summed E-state index contributed by atoms with van der Waals surface area (Å²) in [5.74, 6) is 0. The summed E-state index contributed by atoms with van der Waals surface area (Å²) in [6.45, 7) is 10.6. The first-order chi connectivity index (χ1) is 22.1. The standard InChI is InChI=1S/C25H19N.C15H12.C4H10/c1-18-10-12-19(13-11-18)20-14-16-21(17-15-20)26-24-8-4-2-6-22(24)23-7-3-5-9-25(23)26;1-11-10-12-6-2-3-8-14(12)15-9-5-4-7-13(11)15;1-3-4-2/h2-17H,1H3;2-9H,1,10H2;3-4H2,1-2H3. The van der Waals surface area contributed by atoms with E-state index in [-0.39, 0.29) is 0 Å². The number of unbranched alkanes of at least 4 members (excludes halogenated alkanes) is 1. The number of aryl methyl sites for hydroxylation is 1. The molecule has 0 N–H and O–H groups in total. The van der Waals surface area contributed by atoms with Crippen LogP contribution < -0.4 is 0 Å². The fourth-order valence-electron chi connectivity index (χ4n) is 6.04. The highest BCUT2D eigenvalue weighted by Gasteiger charge is 2.17. The normalized spacial score (nSPS) is 11.6. The molecule has 1 nitrogen and oxygen atoms in total. The van der Waals surface area contributed by atoms with E-state index in [2.05, 4.69) is 178 Å². The highest BCUT2D eigenvalue weighted by Crippen LogP contribution is 2.38. The first-order valence-electron chi connectivity index (χ1n) is 16.1. The fourth-order valence-corrected chi connectivity index (χ4v) is 6.04. The van der Waals surface area contributed by atoms with Gasteiger partial charge in [0.1, 0.15) is 0 Å². The lowest BCUT2D eigenvalue weighted by molar-refractivity contribution is 0.886. The first kappa shape index (κ1) is 29.9. The topological polar surface area (TPSA) is 4.93 Å². The van der Waals surface area contributed by atoms with Gasteiger partial charge in [0.2, 0.25) is 0 Å². The Hall–Kier alpha value is -5.14. The lowest BCUT2D eigenvalue weighted by Crippen LogP contribution is -2.01. The van der Waals surface area contributed by atoms with Crippen molar-refractivity contribution >= 4 is 27.4 Å². The summed E-state index contributed by atoms with van der Waals surface area (Å²) in [5, 5.41) is 2.59. The molecule has 1 aliphatic carbocycles. The Labute approximate surface area is 268 Å². The lowest BCUT2D eigenvalue weighted by atomic mass is 9.83. The largest absolute Gasteiger partial charge is 0.309 e. The molecular weight excluding hydrogens is 542 g/mol. The SMILES string of the molecule is C=C1Cc2ccccc2-c2ccccc21.CCCC.Cc1ccc(-c2ccc(-n3c4ccccc4c4ccccc43)cc2)cc1. The van der Waals surface area contributed by atoms with Crippen molar-refractivity contribution in [2.45, 2.75) is 40.0 Å². The molecule has 0 saturated heterocycles. The third kappa shape index (κ3) is 6.26. The van der Waals surface area contributed by atoms with Crippen molar-refractivity contribution in [3.8, 4) is 27.9 Å². The van der Waals surface area contributed by atoms with E-state index in [1.807, 2.05) is 0 Å². The number of para-hydroxylation sites is 2. The van der Waals surface area contributed by atoms with Crippen molar-refractivity contribution in [2.24, 2.45) is 0 Å². The van der Waals surface area contributed by atoms with Gasteiger partial charge in [-0.1, -0.05) is 160 Å². The number of hydrogen-bond acceptors (Lipinski definition) is 0. The maximum absolute atomic E-state index is 4.15. The zero-order chi connectivity index (χ0) is 31.2. The van der Waals surface area contributed by atoms with Gasteiger partial charge in [0.15, 0.2) is 0 Å². The second-order valence-corrected chi connectivity index (χ2v) is 11.8. The second kappa shape index (κ2) is 13.7. The van der Waals surface area contributed by atoms with Gasteiger partial charge in [0.05, 0.1) is 11.0 Å². The van der Waals surface area contributed by atoms with Crippen LogP contribution in [0.3, 0.4) is 0 Å². The van der Waals surface area contributed by atoms with Gasteiger partial charge in [-0.25, -0.2) is 0 Å². The predicted octanol–water partition coefficient (Wildman–Crippen LogP) is 12.5. The molecule has 0 aliphatic heterocycles. The van der Waals surface area contributed by atoms with E-state index >= 15 is 0 Å². The molecule has 45 heavy (non-hydrogen) atoms. The summed E-state index contributed by atoms with van der Waals surface area (Å²) in [4.78, 5) is 0. The van der Waals surface area contributed by atoms with Crippen molar-refractivity contribution in [2.75, 3.05) is 0 Å².